The molecule has 0 unspecified atom stereocenters. The van der Waals surface area contributed by atoms with E-state index >= 15 is 0 Å². The van der Waals surface area contributed by atoms with Gasteiger partial charge in [-0.2, -0.15) is 0 Å². The second-order valence-electron chi connectivity index (χ2n) is 10.3. The van der Waals surface area contributed by atoms with E-state index in [1.165, 1.54) is 51.4 Å². The maximum absolute atomic E-state index is 12.6. The maximum atomic E-state index is 12.6. The van der Waals surface area contributed by atoms with Gasteiger partial charge in [0.2, 0.25) is 17.7 Å². The van der Waals surface area contributed by atoms with E-state index < -0.39 is 6.04 Å². The van der Waals surface area contributed by atoms with Crippen molar-refractivity contribution in [1.82, 2.24) is 16.0 Å². The Labute approximate surface area is 228 Å². The van der Waals surface area contributed by atoms with Gasteiger partial charge in [0.25, 0.3) is 0 Å². The highest BCUT2D eigenvalue weighted by Crippen LogP contribution is 2.10. The second kappa shape index (κ2) is 27.2. The van der Waals surface area contributed by atoms with E-state index in [2.05, 4.69) is 48.9 Å². The van der Waals surface area contributed by atoms with Crippen molar-refractivity contribution in [3.63, 3.8) is 0 Å². The first kappa shape index (κ1) is 35.2. The third kappa shape index (κ3) is 24.3. The van der Waals surface area contributed by atoms with Crippen LogP contribution in [-0.2, 0) is 14.4 Å². The van der Waals surface area contributed by atoms with E-state index in [9.17, 15) is 14.4 Å². The van der Waals surface area contributed by atoms with E-state index in [-0.39, 0.29) is 24.1 Å². The van der Waals surface area contributed by atoms with Crippen LogP contribution < -0.4 is 16.0 Å². The van der Waals surface area contributed by atoms with E-state index in [0.717, 1.165) is 57.8 Å². The van der Waals surface area contributed by atoms with Crippen molar-refractivity contribution in [2.45, 2.75) is 155 Å². The standard InChI is InChI=1S/C31H59N3O3/c1-4-7-10-11-12-13-14-15-16-17-18-19-20-21-22-23-30(36)34-28(31(37)33-27-9-6-3)24-25-29(35)32-26-8-5-2/h16-17,28H,4-15,18-27H2,1-3H3,(H,32,35)(H,33,37)(H,34,36)/b17-16+/t28-/m0/s1. The minimum absolute atomic E-state index is 0.0643. The van der Waals surface area contributed by atoms with Gasteiger partial charge in [-0.05, 0) is 51.4 Å². The average molecular weight is 522 g/mol. The quantitative estimate of drug-likeness (QED) is 0.0836. The molecule has 0 aliphatic carbocycles. The van der Waals surface area contributed by atoms with Crippen LogP contribution in [0.1, 0.15) is 149 Å². The van der Waals surface area contributed by atoms with Crippen LogP contribution in [0.4, 0.5) is 0 Å². The third-order valence-corrected chi connectivity index (χ3v) is 6.66. The van der Waals surface area contributed by atoms with Crippen molar-refractivity contribution < 1.29 is 14.4 Å². The van der Waals surface area contributed by atoms with Gasteiger partial charge in [-0.1, -0.05) is 97.1 Å². The van der Waals surface area contributed by atoms with Gasteiger partial charge < -0.3 is 16.0 Å². The first-order valence-corrected chi connectivity index (χ1v) is 15.5. The molecule has 0 saturated heterocycles. The molecule has 0 spiro atoms. The van der Waals surface area contributed by atoms with Crippen LogP contribution in [0, 0.1) is 0 Å². The van der Waals surface area contributed by atoms with Crippen LogP contribution in [0.2, 0.25) is 0 Å². The molecule has 0 radical (unpaired) electrons. The zero-order valence-electron chi connectivity index (χ0n) is 24.5. The molecule has 0 aromatic rings. The van der Waals surface area contributed by atoms with Crippen molar-refractivity contribution in [3.8, 4) is 0 Å². The van der Waals surface area contributed by atoms with Gasteiger partial charge >= 0.3 is 0 Å². The van der Waals surface area contributed by atoms with Gasteiger partial charge in [0.05, 0.1) is 0 Å². The largest absolute Gasteiger partial charge is 0.356 e. The molecule has 0 saturated carbocycles. The molecular formula is C31H59N3O3. The highest BCUT2D eigenvalue weighted by molar-refractivity contribution is 5.88. The van der Waals surface area contributed by atoms with Crippen molar-refractivity contribution >= 4 is 17.7 Å². The van der Waals surface area contributed by atoms with Crippen LogP contribution in [0.15, 0.2) is 12.2 Å². The Balaban J connectivity index is 4.04. The van der Waals surface area contributed by atoms with Crippen molar-refractivity contribution in [2.75, 3.05) is 13.1 Å². The molecule has 0 fully saturated rings. The summed E-state index contributed by atoms with van der Waals surface area (Å²) in [5.74, 6) is -0.353. The molecule has 6 heteroatoms. The van der Waals surface area contributed by atoms with Gasteiger partial charge in [-0.3, -0.25) is 14.4 Å². The Kier molecular flexibility index (Phi) is 25.8. The lowest BCUT2D eigenvalue weighted by atomic mass is 10.1. The predicted octanol–water partition coefficient (Wildman–Crippen LogP) is 7.12. The molecule has 0 aromatic carbocycles. The molecule has 3 N–H and O–H groups in total. The van der Waals surface area contributed by atoms with Gasteiger partial charge in [-0.15, -0.1) is 0 Å². The van der Waals surface area contributed by atoms with Gasteiger partial charge in [-0.25, -0.2) is 0 Å². The first-order chi connectivity index (χ1) is 18.0. The molecule has 0 aliphatic rings. The number of hydrogen-bond donors (Lipinski definition) is 3. The molecule has 0 heterocycles. The topological polar surface area (TPSA) is 87.3 Å². The Morgan fingerprint density at radius 3 is 1.68 bits per heavy atom. The Bertz CT molecular complexity index is 592. The summed E-state index contributed by atoms with van der Waals surface area (Å²) in [5, 5.41) is 8.65. The minimum Gasteiger partial charge on any atom is -0.356 e. The molecule has 6 nitrogen and oxygen atoms in total. The summed E-state index contributed by atoms with van der Waals surface area (Å²) < 4.78 is 0. The first-order valence-electron chi connectivity index (χ1n) is 15.5. The lowest BCUT2D eigenvalue weighted by Crippen LogP contribution is -2.47. The third-order valence-electron chi connectivity index (χ3n) is 6.66. The molecular weight excluding hydrogens is 462 g/mol. The smallest absolute Gasteiger partial charge is 0.242 e. The van der Waals surface area contributed by atoms with Crippen molar-refractivity contribution in [2.24, 2.45) is 0 Å². The Hall–Kier alpha value is -1.85. The number of carbonyl (C=O) groups is 3. The summed E-state index contributed by atoms with van der Waals surface area (Å²) >= 11 is 0. The number of rotatable bonds is 26. The second-order valence-corrected chi connectivity index (χ2v) is 10.3. The number of carbonyl (C=O) groups excluding carboxylic acids is 3. The molecule has 216 valence electrons. The maximum Gasteiger partial charge on any atom is 0.242 e. The van der Waals surface area contributed by atoms with E-state index in [1.54, 1.807) is 0 Å². The molecule has 37 heavy (non-hydrogen) atoms. The highest BCUT2D eigenvalue weighted by Gasteiger charge is 2.21. The molecule has 1 atom stereocenters. The van der Waals surface area contributed by atoms with Crippen LogP contribution in [0.5, 0.6) is 0 Å². The minimum atomic E-state index is -0.650. The van der Waals surface area contributed by atoms with Crippen LogP contribution in [0.25, 0.3) is 0 Å². The molecule has 0 aromatic heterocycles. The lowest BCUT2D eigenvalue weighted by Gasteiger charge is -2.18. The van der Waals surface area contributed by atoms with Crippen LogP contribution >= 0.6 is 0 Å². The summed E-state index contributed by atoms with van der Waals surface area (Å²) in [6.45, 7) is 7.66. The van der Waals surface area contributed by atoms with Gasteiger partial charge in [0.1, 0.15) is 6.04 Å². The van der Waals surface area contributed by atoms with E-state index in [0.29, 0.717) is 25.9 Å². The Morgan fingerprint density at radius 2 is 1.08 bits per heavy atom. The lowest BCUT2D eigenvalue weighted by molar-refractivity contribution is -0.129. The fourth-order valence-corrected chi connectivity index (χ4v) is 4.17. The summed E-state index contributed by atoms with van der Waals surface area (Å²) in [7, 11) is 0. The number of unbranched alkanes of at least 4 members (excludes halogenated alkanes) is 13. The van der Waals surface area contributed by atoms with Crippen LogP contribution in [0.3, 0.4) is 0 Å². The van der Waals surface area contributed by atoms with Gasteiger partial charge in [0.15, 0.2) is 0 Å². The summed E-state index contributed by atoms with van der Waals surface area (Å²) in [4.78, 5) is 37.1. The zero-order chi connectivity index (χ0) is 27.4. The number of hydrogen-bond acceptors (Lipinski definition) is 3. The predicted molar refractivity (Wildman–Crippen MR) is 156 cm³/mol. The monoisotopic (exact) mass is 521 g/mol. The van der Waals surface area contributed by atoms with Crippen molar-refractivity contribution in [3.05, 3.63) is 12.2 Å². The molecule has 0 rings (SSSR count). The fraction of sp³-hybridized carbons (Fsp3) is 0.839. The van der Waals surface area contributed by atoms with E-state index in [4.69, 9.17) is 0 Å². The summed E-state index contributed by atoms with van der Waals surface area (Å²) in [5.41, 5.74) is 0. The number of allylic oxidation sites excluding steroid dienone is 2. The Morgan fingerprint density at radius 1 is 0.568 bits per heavy atom. The molecule has 0 aliphatic heterocycles. The number of amides is 3. The summed E-state index contributed by atoms with van der Waals surface area (Å²) in [6, 6.07) is -0.650. The van der Waals surface area contributed by atoms with E-state index in [1.807, 2.05) is 0 Å². The van der Waals surface area contributed by atoms with Crippen molar-refractivity contribution in [1.29, 1.82) is 0 Å². The zero-order valence-corrected chi connectivity index (χ0v) is 24.5. The summed E-state index contributed by atoms with van der Waals surface area (Å²) in [6.07, 6.45) is 25.4. The fourth-order valence-electron chi connectivity index (χ4n) is 4.17. The van der Waals surface area contributed by atoms with Crippen LogP contribution in [-0.4, -0.2) is 36.9 Å². The number of nitrogens with one attached hydrogen (secondary N) is 3. The highest BCUT2D eigenvalue weighted by atomic mass is 16.2. The normalized spacial score (nSPS) is 12.0. The molecule has 3 amide bonds. The molecule has 0 bridgehead atoms. The van der Waals surface area contributed by atoms with Gasteiger partial charge in [0, 0.05) is 25.9 Å². The SMILES string of the molecule is CCCCCCCCC/C=C/CCCCCCC(=O)N[C@@H](CCC(=O)NCCCC)C(=O)NCCCC. The average Bonchev–Trinajstić information content (AvgIpc) is 2.89.